The maximum atomic E-state index is 8.77. The average molecular weight is 266 g/mol. The molecular weight excluding hydrogens is 248 g/mol. The van der Waals surface area contributed by atoms with Crippen LogP contribution in [0.5, 0.6) is 5.75 Å². The van der Waals surface area contributed by atoms with Crippen LogP contribution in [0, 0.1) is 11.3 Å². The molecule has 0 spiro atoms. The first-order valence-corrected chi connectivity index (χ1v) is 6.61. The molecule has 2 rings (SSSR count). The summed E-state index contributed by atoms with van der Waals surface area (Å²) >= 11 is 0. The second-order valence-electron chi connectivity index (χ2n) is 4.79. The van der Waals surface area contributed by atoms with E-state index in [1.165, 1.54) is 5.56 Å². The number of hydrogen-bond donors (Lipinski definition) is 1. The fraction of sp³-hybridized carbons (Fsp3) is 0.235. The number of rotatable bonds is 5. The van der Waals surface area contributed by atoms with Crippen LogP contribution in [-0.4, -0.2) is 13.2 Å². The van der Waals surface area contributed by atoms with Crippen LogP contribution in [0.15, 0.2) is 48.5 Å². The minimum atomic E-state index is 0.316. The summed E-state index contributed by atoms with van der Waals surface area (Å²) in [6.45, 7) is 2.14. The molecule has 1 atom stereocenters. The van der Waals surface area contributed by atoms with Crippen molar-refractivity contribution in [2.24, 2.45) is 0 Å². The molecule has 0 aliphatic carbocycles. The molecule has 3 nitrogen and oxygen atoms in total. The predicted molar refractivity (Wildman–Crippen MR) is 80.9 cm³/mol. The Hall–Kier alpha value is -2.47. The fourth-order valence-corrected chi connectivity index (χ4v) is 2.09. The molecule has 0 aromatic heterocycles. The predicted octanol–water partition coefficient (Wildman–Crippen LogP) is 3.61. The highest BCUT2D eigenvalue weighted by Gasteiger charge is 2.04. The van der Waals surface area contributed by atoms with Gasteiger partial charge in [0.15, 0.2) is 0 Å². The Morgan fingerprint density at radius 1 is 1.10 bits per heavy atom. The average Bonchev–Trinajstić information content (AvgIpc) is 2.49. The summed E-state index contributed by atoms with van der Waals surface area (Å²) in [4.78, 5) is 0. The zero-order valence-corrected chi connectivity index (χ0v) is 11.8. The lowest BCUT2D eigenvalue weighted by Gasteiger charge is -2.15. The molecule has 0 amide bonds. The van der Waals surface area contributed by atoms with Crippen molar-refractivity contribution >= 4 is 5.69 Å². The SMILES string of the molecule is COc1ccc(CC(C)Nc2ccc(C#N)cc2)cc1. The van der Waals surface area contributed by atoms with E-state index in [0.717, 1.165) is 17.9 Å². The molecule has 2 aromatic rings. The van der Waals surface area contributed by atoms with Crippen molar-refractivity contribution in [1.29, 1.82) is 5.26 Å². The van der Waals surface area contributed by atoms with Gasteiger partial charge in [-0.15, -0.1) is 0 Å². The highest BCUT2D eigenvalue weighted by Crippen LogP contribution is 2.15. The monoisotopic (exact) mass is 266 g/mol. The second kappa shape index (κ2) is 6.63. The van der Waals surface area contributed by atoms with E-state index < -0.39 is 0 Å². The van der Waals surface area contributed by atoms with Gasteiger partial charge in [0.2, 0.25) is 0 Å². The van der Waals surface area contributed by atoms with E-state index in [1.807, 2.05) is 36.4 Å². The third-order valence-electron chi connectivity index (χ3n) is 3.13. The van der Waals surface area contributed by atoms with Gasteiger partial charge in [0.1, 0.15) is 5.75 Å². The lowest BCUT2D eigenvalue weighted by molar-refractivity contribution is 0.414. The van der Waals surface area contributed by atoms with Crippen LogP contribution in [0.3, 0.4) is 0 Å². The van der Waals surface area contributed by atoms with Crippen LogP contribution in [-0.2, 0) is 6.42 Å². The first-order chi connectivity index (χ1) is 9.71. The van der Waals surface area contributed by atoms with Crippen molar-refractivity contribution in [2.45, 2.75) is 19.4 Å². The van der Waals surface area contributed by atoms with Gasteiger partial charge in [-0.2, -0.15) is 5.26 Å². The zero-order valence-electron chi connectivity index (χ0n) is 11.8. The molecule has 0 aliphatic heterocycles. The summed E-state index contributed by atoms with van der Waals surface area (Å²) in [6.07, 6.45) is 0.935. The fourth-order valence-electron chi connectivity index (χ4n) is 2.09. The van der Waals surface area contributed by atoms with Crippen molar-refractivity contribution in [3.8, 4) is 11.8 Å². The number of benzene rings is 2. The Labute approximate surface area is 119 Å². The summed E-state index contributed by atoms with van der Waals surface area (Å²) in [5.41, 5.74) is 2.97. The molecule has 0 heterocycles. The van der Waals surface area contributed by atoms with Crippen LogP contribution in [0.25, 0.3) is 0 Å². The van der Waals surface area contributed by atoms with E-state index >= 15 is 0 Å². The normalized spacial score (nSPS) is 11.4. The smallest absolute Gasteiger partial charge is 0.118 e. The number of nitrogens with zero attached hydrogens (tertiary/aromatic N) is 1. The topological polar surface area (TPSA) is 45.0 Å². The first kappa shape index (κ1) is 14.0. The number of methoxy groups -OCH3 is 1. The molecule has 0 radical (unpaired) electrons. The maximum Gasteiger partial charge on any atom is 0.118 e. The first-order valence-electron chi connectivity index (χ1n) is 6.61. The standard InChI is InChI=1S/C17H18N2O/c1-13(11-14-5-9-17(20-2)10-6-14)19-16-7-3-15(12-18)4-8-16/h3-10,13,19H,11H2,1-2H3. The number of nitrogens with one attached hydrogen (secondary N) is 1. The summed E-state index contributed by atoms with van der Waals surface area (Å²) in [5, 5.41) is 12.2. The van der Waals surface area contributed by atoms with Gasteiger partial charge in [0.05, 0.1) is 18.7 Å². The van der Waals surface area contributed by atoms with E-state index in [-0.39, 0.29) is 0 Å². The summed E-state index contributed by atoms with van der Waals surface area (Å²) in [5.74, 6) is 0.876. The molecule has 3 heteroatoms. The third-order valence-corrected chi connectivity index (χ3v) is 3.13. The maximum absolute atomic E-state index is 8.77. The third kappa shape index (κ3) is 3.76. The van der Waals surface area contributed by atoms with Gasteiger partial charge in [-0.25, -0.2) is 0 Å². The molecule has 102 valence electrons. The van der Waals surface area contributed by atoms with Crippen molar-refractivity contribution in [2.75, 3.05) is 12.4 Å². The highest BCUT2D eigenvalue weighted by atomic mass is 16.5. The molecule has 0 aliphatic rings. The van der Waals surface area contributed by atoms with Crippen LogP contribution >= 0.6 is 0 Å². The van der Waals surface area contributed by atoms with Crippen LogP contribution in [0.2, 0.25) is 0 Å². The van der Waals surface area contributed by atoms with Crippen molar-refractivity contribution in [3.63, 3.8) is 0 Å². The van der Waals surface area contributed by atoms with Crippen molar-refractivity contribution < 1.29 is 4.74 Å². The quantitative estimate of drug-likeness (QED) is 0.899. The summed E-state index contributed by atoms with van der Waals surface area (Å²) < 4.78 is 5.15. The Morgan fingerprint density at radius 2 is 1.75 bits per heavy atom. The minimum absolute atomic E-state index is 0.316. The van der Waals surface area contributed by atoms with Gasteiger partial charge >= 0.3 is 0 Å². The Balaban J connectivity index is 1.93. The zero-order chi connectivity index (χ0) is 14.4. The van der Waals surface area contributed by atoms with E-state index in [1.54, 1.807) is 7.11 Å². The van der Waals surface area contributed by atoms with Gasteiger partial charge in [-0.1, -0.05) is 12.1 Å². The lowest BCUT2D eigenvalue weighted by Crippen LogP contribution is -2.17. The van der Waals surface area contributed by atoms with Gasteiger partial charge in [-0.05, 0) is 55.3 Å². The number of anilines is 1. The Kier molecular flexibility index (Phi) is 4.62. The van der Waals surface area contributed by atoms with Gasteiger partial charge in [-0.3, -0.25) is 0 Å². The van der Waals surface area contributed by atoms with E-state index in [0.29, 0.717) is 11.6 Å². The molecule has 2 aromatic carbocycles. The van der Waals surface area contributed by atoms with Crippen molar-refractivity contribution in [1.82, 2.24) is 0 Å². The summed E-state index contributed by atoms with van der Waals surface area (Å²) in [7, 11) is 1.67. The highest BCUT2D eigenvalue weighted by molar-refractivity contribution is 5.48. The largest absolute Gasteiger partial charge is 0.497 e. The van der Waals surface area contributed by atoms with Crippen LogP contribution in [0.1, 0.15) is 18.1 Å². The molecule has 0 saturated heterocycles. The second-order valence-corrected chi connectivity index (χ2v) is 4.79. The Morgan fingerprint density at radius 3 is 2.30 bits per heavy atom. The molecule has 0 fully saturated rings. The van der Waals surface area contributed by atoms with Crippen LogP contribution < -0.4 is 10.1 Å². The molecule has 20 heavy (non-hydrogen) atoms. The van der Waals surface area contributed by atoms with Gasteiger partial charge < -0.3 is 10.1 Å². The van der Waals surface area contributed by atoms with E-state index in [9.17, 15) is 0 Å². The molecule has 0 bridgehead atoms. The van der Waals surface area contributed by atoms with Crippen molar-refractivity contribution in [3.05, 3.63) is 59.7 Å². The van der Waals surface area contributed by atoms with E-state index in [4.69, 9.17) is 10.00 Å². The molecule has 1 unspecified atom stereocenters. The summed E-state index contributed by atoms with van der Waals surface area (Å²) in [6, 6.07) is 18.1. The molecule has 0 saturated carbocycles. The lowest BCUT2D eigenvalue weighted by atomic mass is 10.1. The molecule has 1 N–H and O–H groups in total. The number of nitriles is 1. The van der Waals surface area contributed by atoms with Gasteiger partial charge in [0.25, 0.3) is 0 Å². The van der Waals surface area contributed by atoms with Crippen LogP contribution in [0.4, 0.5) is 5.69 Å². The number of ether oxygens (including phenoxy) is 1. The minimum Gasteiger partial charge on any atom is -0.497 e. The molecular formula is C17H18N2O. The van der Waals surface area contributed by atoms with E-state index in [2.05, 4.69) is 30.4 Å². The number of hydrogen-bond acceptors (Lipinski definition) is 3. The van der Waals surface area contributed by atoms with Gasteiger partial charge in [0, 0.05) is 11.7 Å². The Bertz CT molecular complexity index is 582.